The van der Waals surface area contributed by atoms with E-state index in [2.05, 4.69) is 81.4 Å². The molecule has 51 heavy (non-hydrogen) atoms. The molecule has 8 heteroatoms. The first-order valence-corrected chi connectivity index (χ1v) is 18.9. The molecule has 0 aliphatic carbocycles. The lowest BCUT2D eigenvalue weighted by atomic mass is 9.81. The molecule has 8 nitrogen and oxygen atoms in total. The molecule has 2 N–H and O–H groups in total. The quantitative estimate of drug-likeness (QED) is 0.188. The van der Waals surface area contributed by atoms with Gasteiger partial charge in [-0.05, 0) is 95.9 Å². The van der Waals surface area contributed by atoms with Crippen LogP contribution in [0.3, 0.4) is 0 Å². The highest BCUT2D eigenvalue weighted by atomic mass is 16.7. The first kappa shape index (κ1) is 41.6. The average Bonchev–Trinajstić information content (AvgIpc) is 3.03. The highest BCUT2D eigenvalue weighted by Crippen LogP contribution is 2.39. The SMILES string of the molecule is Cc1cc(CCCOCC(C)(C)C2OCC3(CO2)COC(C(C)(C)COCCCc2cc(C)c(O)cc2C(C)(C)C)OC3)c(C(C)(C)C)cc1O. The van der Waals surface area contributed by atoms with Crippen molar-refractivity contribution in [2.75, 3.05) is 52.9 Å². The van der Waals surface area contributed by atoms with Gasteiger partial charge in [-0.2, -0.15) is 0 Å². The van der Waals surface area contributed by atoms with E-state index in [9.17, 15) is 10.2 Å². The Morgan fingerprint density at radius 2 is 0.922 bits per heavy atom. The molecule has 0 aromatic heterocycles. The van der Waals surface area contributed by atoms with Gasteiger partial charge in [0, 0.05) is 24.0 Å². The highest BCUT2D eigenvalue weighted by Gasteiger charge is 2.47. The molecule has 2 aromatic rings. The molecule has 0 unspecified atom stereocenters. The van der Waals surface area contributed by atoms with Gasteiger partial charge in [-0.1, -0.05) is 81.4 Å². The van der Waals surface area contributed by atoms with E-state index in [0.717, 1.165) is 36.8 Å². The Labute approximate surface area is 308 Å². The van der Waals surface area contributed by atoms with Crippen molar-refractivity contribution in [3.8, 4) is 11.5 Å². The summed E-state index contributed by atoms with van der Waals surface area (Å²) >= 11 is 0. The second-order valence-electron chi connectivity index (χ2n) is 18.8. The minimum Gasteiger partial charge on any atom is -0.508 e. The first-order chi connectivity index (χ1) is 23.6. The molecular weight excluding hydrogens is 644 g/mol. The van der Waals surface area contributed by atoms with Gasteiger partial charge in [0.2, 0.25) is 0 Å². The van der Waals surface area contributed by atoms with Crippen LogP contribution in [0.5, 0.6) is 11.5 Å². The van der Waals surface area contributed by atoms with Crippen LogP contribution < -0.4 is 0 Å². The van der Waals surface area contributed by atoms with Crippen molar-refractivity contribution in [3.63, 3.8) is 0 Å². The Morgan fingerprint density at radius 1 is 0.588 bits per heavy atom. The summed E-state index contributed by atoms with van der Waals surface area (Å²) in [5.74, 6) is 0.714. The van der Waals surface area contributed by atoms with Gasteiger partial charge in [0.25, 0.3) is 0 Å². The fourth-order valence-electron chi connectivity index (χ4n) is 7.12. The molecule has 2 heterocycles. The molecule has 0 radical (unpaired) electrons. The summed E-state index contributed by atoms with van der Waals surface area (Å²) in [6.07, 6.45) is 2.85. The predicted octanol–water partition coefficient (Wildman–Crippen LogP) is 8.69. The molecule has 0 bridgehead atoms. The molecule has 288 valence electrons. The van der Waals surface area contributed by atoms with Crippen LogP contribution in [0.1, 0.15) is 115 Å². The van der Waals surface area contributed by atoms with Crippen molar-refractivity contribution in [2.45, 2.75) is 132 Å². The number of phenolic OH excluding ortho intramolecular Hbond substituents is 2. The molecule has 4 rings (SSSR count). The Kier molecular flexibility index (Phi) is 13.4. The number of aryl methyl sites for hydroxylation is 4. The number of ether oxygens (including phenoxy) is 6. The Bertz CT molecular complexity index is 1320. The van der Waals surface area contributed by atoms with E-state index in [1.807, 2.05) is 26.0 Å². The van der Waals surface area contributed by atoms with E-state index in [4.69, 9.17) is 28.4 Å². The smallest absolute Gasteiger partial charge is 0.164 e. The van der Waals surface area contributed by atoms with E-state index in [0.29, 0.717) is 64.4 Å². The van der Waals surface area contributed by atoms with Crippen LogP contribution in [0.4, 0.5) is 0 Å². The largest absolute Gasteiger partial charge is 0.508 e. The van der Waals surface area contributed by atoms with Crippen LogP contribution in [0.25, 0.3) is 0 Å². The zero-order valence-corrected chi connectivity index (χ0v) is 33.8. The molecule has 2 fully saturated rings. The van der Waals surface area contributed by atoms with Crippen LogP contribution >= 0.6 is 0 Å². The minimum absolute atomic E-state index is 0.0381. The van der Waals surface area contributed by atoms with E-state index in [1.54, 1.807) is 0 Å². The summed E-state index contributed by atoms with van der Waals surface area (Å²) in [6.45, 7) is 29.9. The van der Waals surface area contributed by atoms with Gasteiger partial charge in [0.1, 0.15) is 11.5 Å². The van der Waals surface area contributed by atoms with E-state index >= 15 is 0 Å². The van der Waals surface area contributed by atoms with E-state index in [1.165, 1.54) is 22.3 Å². The molecule has 0 saturated carbocycles. The number of phenols is 2. The van der Waals surface area contributed by atoms with Gasteiger partial charge in [-0.15, -0.1) is 0 Å². The molecule has 2 saturated heterocycles. The Balaban J connectivity index is 1.16. The summed E-state index contributed by atoms with van der Waals surface area (Å²) in [4.78, 5) is 0. The molecule has 2 aromatic carbocycles. The van der Waals surface area contributed by atoms with Crippen molar-refractivity contribution in [1.82, 2.24) is 0 Å². The minimum atomic E-state index is -0.372. The van der Waals surface area contributed by atoms with Gasteiger partial charge >= 0.3 is 0 Å². The first-order valence-electron chi connectivity index (χ1n) is 18.9. The Hall–Kier alpha value is -2.20. The third-order valence-electron chi connectivity index (χ3n) is 10.3. The summed E-state index contributed by atoms with van der Waals surface area (Å²) in [7, 11) is 0. The van der Waals surface area contributed by atoms with E-state index in [-0.39, 0.29) is 39.7 Å². The van der Waals surface area contributed by atoms with Crippen LogP contribution in [0.15, 0.2) is 24.3 Å². The molecule has 2 aliphatic rings. The summed E-state index contributed by atoms with van der Waals surface area (Å²) in [5.41, 5.74) is 5.68. The van der Waals surface area contributed by atoms with E-state index < -0.39 is 0 Å². The standard InChI is InChI=1S/C43H68O8/c1-29-19-31(33(21-35(29)44)39(3,4)5)15-13-17-46-23-41(9,10)37-48-25-43(26-49-37)27-50-38(51-28-43)42(11,12)24-47-18-14-16-32-20-30(2)36(45)22-34(32)40(6,7)8/h19-22,37-38,44-45H,13-18,23-28H2,1-12H3. The summed E-state index contributed by atoms with van der Waals surface area (Å²) in [6, 6.07) is 8.06. The number of rotatable bonds is 14. The van der Waals surface area contributed by atoms with Gasteiger partial charge in [0.15, 0.2) is 12.6 Å². The molecule has 1 spiro atoms. The number of hydrogen-bond donors (Lipinski definition) is 2. The maximum absolute atomic E-state index is 10.3. The lowest BCUT2D eigenvalue weighted by molar-refractivity contribution is -0.338. The maximum atomic E-state index is 10.3. The summed E-state index contributed by atoms with van der Waals surface area (Å²) in [5, 5.41) is 20.5. The molecule has 0 amide bonds. The highest BCUT2D eigenvalue weighted by molar-refractivity contribution is 5.45. The van der Waals surface area contributed by atoms with Crippen molar-refractivity contribution < 1.29 is 38.6 Å². The lowest BCUT2D eigenvalue weighted by Crippen LogP contribution is -2.57. The second kappa shape index (κ2) is 16.4. The molecular formula is C43H68O8. The predicted molar refractivity (Wildman–Crippen MR) is 203 cm³/mol. The second-order valence-corrected chi connectivity index (χ2v) is 18.8. The van der Waals surface area contributed by atoms with Crippen LogP contribution in [-0.2, 0) is 52.1 Å². The van der Waals surface area contributed by atoms with Gasteiger partial charge in [0.05, 0.1) is 45.1 Å². The Morgan fingerprint density at radius 3 is 1.24 bits per heavy atom. The molecule has 0 atom stereocenters. The monoisotopic (exact) mass is 712 g/mol. The zero-order valence-electron chi connectivity index (χ0n) is 33.8. The van der Waals surface area contributed by atoms with Crippen LogP contribution in [0.2, 0.25) is 0 Å². The molecule has 2 aliphatic heterocycles. The van der Waals surface area contributed by atoms with Gasteiger partial charge < -0.3 is 38.6 Å². The van der Waals surface area contributed by atoms with Gasteiger partial charge in [-0.25, -0.2) is 0 Å². The normalized spacial score (nSPS) is 22.1. The third-order valence-corrected chi connectivity index (χ3v) is 10.3. The number of benzene rings is 2. The lowest BCUT2D eigenvalue weighted by Gasteiger charge is -2.48. The summed E-state index contributed by atoms with van der Waals surface area (Å²) < 4.78 is 37.5. The fourth-order valence-corrected chi connectivity index (χ4v) is 7.12. The number of hydrogen-bond acceptors (Lipinski definition) is 8. The van der Waals surface area contributed by atoms with Crippen LogP contribution in [-0.4, -0.2) is 75.6 Å². The fraction of sp³-hybridized carbons (Fsp3) is 0.721. The topological polar surface area (TPSA) is 95.8 Å². The van der Waals surface area contributed by atoms with Gasteiger partial charge in [-0.3, -0.25) is 0 Å². The third kappa shape index (κ3) is 10.9. The van der Waals surface area contributed by atoms with Crippen molar-refractivity contribution in [1.29, 1.82) is 0 Å². The van der Waals surface area contributed by atoms with Crippen LogP contribution in [0, 0.1) is 30.1 Å². The zero-order chi connectivity index (χ0) is 37.8. The average molecular weight is 713 g/mol. The van der Waals surface area contributed by atoms with Crippen molar-refractivity contribution in [3.05, 3.63) is 57.6 Å². The number of aromatic hydroxyl groups is 2. The maximum Gasteiger partial charge on any atom is 0.164 e. The van der Waals surface area contributed by atoms with Crippen molar-refractivity contribution in [2.24, 2.45) is 16.2 Å². The van der Waals surface area contributed by atoms with Crippen molar-refractivity contribution >= 4 is 0 Å².